The molecule has 0 aromatic heterocycles. The largest absolute Gasteiger partial charge is 0.497 e. The van der Waals surface area contributed by atoms with Crippen molar-refractivity contribution in [3.05, 3.63) is 29.6 Å². The Hall–Kier alpha value is -1.09. The normalized spacial score (nSPS) is 21.6. The lowest BCUT2D eigenvalue weighted by Gasteiger charge is -2.40. The maximum absolute atomic E-state index is 13.9. The van der Waals surface area contributed by atoms with E-state index < -0.39 is 5.60 Å². The van der Waals surface area contributed by atoms with Crippen LogP contribution in [0.15, 0.2) is 18.2 Å². The average Bonchev–Trinajstić information content (AvgIpc) is 2.34. The van der Waals surface area contributed by atoms with Gasteiger partial charge in [-0.25, -0.2) is 4.39 Å². The second kappa shape index (κ2) is 4.54. The molecule has 18 heavy (non-hydrogen) atoms. The first-order valence-electron chi connectivity index (χ1n) is 6.43. The molecule has 0 unspecified atom stereocenters. The number of methoxy groups -OCH3 is 1. The molecule has 1 aromatic rings. The van der Waals surface area contributed by atoms with Crippen molar-refractivity contribution < 1.29 is 14.2 Å². The molecule has 1 N–H and O–H groups in total. The Morgan fingerprint density at radius 1 is 1.17 bits per heavy atom. The molecule has 1 saturated carbocycles. The van der Waals surface area contributed by atoms with Gasteiger partial charge in [0.05, 0.1) is 12.7 Å². The fraction of sp³-hybridized carbons (Fsp3) is 0.600. The molecular formula is C15H21FO2. The van der Waals surface area contributed by atoms with Crippen molar-refractivity contribution >= 4 is 0 Å². The van der Waals surface area contributed by atoms with Crippen molar-refractivity contribution in [1.29, 1.82) is 0 Å². The molecule has 0 aliphatic heterocycles. The van der Waals surface area contributed by atoms with Crippen LogP contribution in [0.4, 0.5) is 4.39 Å². The van der Waals surface area contributed by atoms with Crippen molar-refractivity contribution in [2.45, 2.75) is 45.1 Å². The van der Waals surface area contributed by atoms with Gasteiger partial charge in [-0.2, -0.15) is 0 Å². The number of halogens is 1. The van der Waals surface area contributed by atoms with E-state index in [0.717, 1.165) is 12.8 Å². The maximum Gasteiger partial charge on any atom is 0.129 e. The zero-order chi connectivity index (χ0) is 13.4. The first-order valence-corrected chi connectivity index (χ1v) is 6.43. The van der Waals surface area contributed by atoms with E-state index in [1.54, 1.807) is 19.2 Å². The summed E-state index contributed by atoms with van der Waals surface area (Å²) >= 11 is 0. The molecule has 1 aromatic carbocycles. The van der Waals surface area contributed by atoms with Gasteiger partial charge in [-0.1, -0.05) is 13.8 Å². The summed E-state index contributed by atoms with van der Waals surface area (Å²) in [5, 5.41) is 10.7. The first-order chi connectivity index (χ1) is 8.36. The lowest BCUT2D eigenvalue weighted by molar-refractivity contribution is -0.0332. The lowest BCUT2D eigenvalue weighted by atomic mass is 9.69. The third-order valence-corrected chi connectivity index (χ3v) is 4.11. The van der Waals surface area contributed by atoms with Gasteiger partial charge in [-0.15, -0.1) is 0 Å². The van der Waals surface area contributed by atoms with Gasteiger partial charge in [0, 0.05) is 5.56 Å². The van der Waals surface area contributed by atoms with Gasteiger partial charge in [0.2, 0.25) is 0 Å². The fourth-order valence-electron chi connectivity index (χ4n) is 2.60. The Morgan fingerprint density at radius 3 is 2.33 bits per heavy atom. The third-order valence-electron chi connectivity index (χ3n) is 4.11. The van der Waals surface area contributed by atoms with Gasteiger partial charge in [0.1, 0.15) is 11.6 Å². The Kier molecular flexibility index (Phi) is 3.37. The molecule has 0 heterocycles. The molecule has 1 fully saturated rings. The smallest absolute Gasteiger partial charge is 0.129 e. The summed E-state index contributed by atoms with van der Waals surface area (Å²) in [4.78, 5) is 0. The molecule has 3 heteroatoms. The SMILES string of the molecule is COc1ccc(F)c(C2(O)CCC(C)(C)CC2)c1. The average molecular weight is 252 g/mol. The number of aliphatic hydroxyl groups is 1. The summed E-state index contributed by atoms with van der Waals surface area (Å²) in [6.07, 6.45) is 3.01. The number of hydrogen-bond donors (Lipinski definition) is 1. The summed E-state index contributed by atoms with van der Waals surface area (Å²) < 4.78 is 19.0. The first kappa shape index (κ1) is 13.3. The van der Waals surface area contributed by atoms with E-state index in [-0.39, 0.29) is 11.2 Å². The van der Waals surface area contributed by atoms with Crippen molar-refractivity contribution in [1.82, 2.24) is 0 Å². The molecule has 100 valence electrons. The Bertz CT molecular complexity index is 430. The molecule has 0 radical (unpaired) electrons. The van der Waals surface area contributed by atoms with Gasteiger partial charge >= 0.3 is 0 Å². The van der Waals surface area contributed by atoms with Crippen molar-refractivity contribution in [3.63, 3.8) is 0 Å². The standard InChI is InChI=1S/C15H21FO2/c1-14(2)6-8-15(17,9-7-14)12-10-11(18-3)4-5-13(12)16/h4-5,10,17H,6-9H2,1-3H3. The maximum atomic E-state index is 13.9. The minimum atomic E-state index is -1.05. The molecule has 1 aliphatic carbocycles. The van der Waals surface area contributed by atoms with Crippen LogP contribution in [0.5, 0.6) is 5.75 Å². The molecule has 0 atom stereocenters. The van der Waals surface area contributed by atoms with Crippen LogP contribution < -0.4 is 4.74 Å². The van der Waals surface area contributed by atoms with Crippen LogP contribution in [0.1, 0.15) is 45.1 Å². The van der Waals surface area contributed by atoms with Crippen LogP contribution in [-0.4, -0.2) is 12.2 Å². The highest BCUT2D eigenvalue weighted by atomic mass is 19.1. The van der Waals surface area contributed by atoms with E-state index >= 15 is 0 Å². The van der Waals surface area contributed by atoms with Crippen LogP contribution in [0.2, 0.25) is 0 Å². The highest BCUT2D eigenvalue weighted by molar-refractivity contribution is 5.34. The molecule has 2 nitrogen and oxygen atoms in total. The molecule has 2 rings (SSSR count). The van der Waals surface area contributed by atoms with Crippen LogP contribution in [0.3, 0.4) is 0 Å². The van der Waals surface area contributed by atoms with E-state index in [4.69, 9.17) is 4.74 Å². The van der Waals surface area contributed by atoms with E-state index in [2.05, 4.69) is 13.8 Å². The summed E-state index contributed by atoms with van der Waals surface area (Å²) in [5.41, 5.74) is -0.437. The molecule has 0 amide bonds. The fourth-order valence-corrected chi connectivity index (χ4v) is 2.60. The minimum absolute atomic E-state index is 0.238. The number of rotatable bonds is 2. The van der Waals surface area contributed by atoms with E-state index in [1.165, 1.54) is 6.07 Å². The second-order valence-corrected chi connectivity index (χ2v) is 6.04. The van der Waals surface area contributed by atoms with Crippen LogP contribution >= 0.6 is 0 Å². The predicted molar refractivity (Wildman–Crippen MR) is 69.1 cm³/mol. The summed E-state index contributed by atoms with van der Waals surface area (Å²) in [5.74, 6) is 0.239. The number of benzene rings is 1. The molecule has 0 spiro atoms. The monoisotopic (exact) mass is 252 g/mol. The van der Waals surface area contributed by atoms with Crippen molar-refractivity contribution in [2.24, 2.45) is 5.41 Å². The van der Waals surface area contributed by atoms with Gasteiger partial charge in [-0.3, -0.25) is 0 Å². The highest BCUT2D eigenvalue weighted by Crippen LogP contribution is 2.46. The second-order valence-electron chi connectivity index (χ2n) is 6.04. The van der Waals surface area contributed by atoms with Gasteiger partial charge in [-0.05, 0) is 49.3 Å². The Morgan fingerprint density at radius 2 is 1.78 bits per heavy atom. The molecule has 0 saturated heterocycles. The summed E-state index contributed by atoms with van der Waals surface area (Å²) in [6, 6.07) is 4.56. The van der Waals surface area contributed by atoms with E-state index in [1.807, 2.05) is 0 Å². The van der Waals surface area contributed by atoms with Crippen LogP contribution in [0.25, 0.3) is 0 Å². The minimum Gasteiger partial charge on any atom is -0.497 e. The lowest BCUT2D eigenvalue weighted by Crippen LogP contribution is -2.35. The third kappa shape index (κ3) is 2.51. The molecular weight excluding hydrogens is 231 g/mol. The number of ether oxygens (including phenoxy) is 1. The molecule has 1 aliphatic rings. The predicted octanol–water partition coefficient (Wildman–Crippen LogP) is 3.62. The van der Waals surface area contributed by atoms with Crippen LogP contribution in [0, 0.1) is 11.2 Å². The highest BCUT2D eigenvalue weighted by Gasteiger charge is 2.39. The van der Waals surface area contributed by atoms with Gasteiger partial charge in [0.15, 0.2) is 0 Å². The summed E-state index contributed by atoms with van der Waals surface area (Å²) in [6.45, 7) is 4.38. The van der Waals surface area contributed by atoms with Gasteiger partial charge < -0.3 is 9.84 Å². The molecule has 0 bridgehead atoms. The van der Waals surface area contributed by atoms with Crippen molar-refractivity contribution in [2.75, 3.05) is 7.11 Å². The van der Waals surface area contributed by atoms with Crippen LogP contribution in [-0.2, 0) is 5.60 Å². The van der Waals surface area contributed by atoms with E-state index in [9.17, 15) is 9.50 Å². The van der Waals surface area contributed by atoms with Crippen molar-refractivity contribution in [3.8, 4) is 5.75 Å². The zero-order valence-corrected chi connectivity index (χ0v) is 11.3. The quantitative estimate of drug-likeness (QED) is 0.871. The van der Waals surface area contributed by atoms with E-state index in [0.29, 0.717) is 24.2 Å². The Labute approximate surface area is 108 Å². The Balaban J connectivity index is 2.30. The zero-order valence-electron chi connectivity index (χ0n) is 11.3. The number of hydrogen-bond acceptors (Lipinski definition) is 2. The van der Waals surface area contributed by atoms with Gasteiger partial charge in [0.25, 0.3) is 0 Å². The summed E-state index contributed by atoms with van der Waals surface area (Å²) in [7, 11) is 1.55. The topological polar surface area (TPSA) is 29.5 Å².